The van der Waals surface area contributed by atoms with Gasteiger partial charge in [-0.2, -0.15) is 8.78 Å². The van der Waals surface area contributed by atoms with Crippen LogP contribution >= 0.6 is 0 Å². The van der Waals surface area contributed by atoms with Crippen molar-refractivity contribution in [3.05, 3.63) is 46.5 Å². The predicted molar refractivity (Wildman–Crippen MR) is 119 cm³/mol. The minimum Gasteiger partial charge on any atom is -0.442 e. The van der Waals surface area contributed by atoms with E-state index in [0.717, 1.165) is 17.0 Å². The smallest absolute Gasteiger partial charge is 0.414 e. The fourth-order valence-corrected chi connectivity index (χ4v) is 4.37. The van der Waals surface area contributed by atoms with Crippen LogP contribution in [0.5, 0.6) is 0 Å². The zero-order valence-electron chi connectivity index (χ0n) is 18.5. The molecule has 1 N–H and O–H groups in total. The molecule has 2 aromatic heterocycles. The molecular weight excluding hydrogens is 490 g/mol. The van der Waals surface area contributed by atoms with Gasteiger partial charge >= 0.3 is 12.5 Å². The third-order valence-corrected chi connectivity index (χ3v) is 6.02. The molecule has 1 fully saturated rings. The third-order valence-electron chi connectivity index (χ3n) is 6.02. The van der Waals surface area contributed by atoms with Gasteiger partial charge in [-0.25, -0.2) is 28.2 Å². The third kappa shape index (κ3) is 4.09. The Labute approximate surface area is 201 Å². The number of carbonyl (C=O) groups is 2. The van der Waals surface area contributed by atoms with E-state index in [-0.39, 0.29) is 63.1 Å². The number of aromatic nitrogens is 4. The summed E-state index contributed by atoms with van der Waals surface area (Å²) in [6.45, 7) is 0.0917. The predicted octanol–water partition coefficient (Wildman–Crippen LogP) is 1.34. The van der Waals surface area contributed by atoms with Crippen molar-refractivity contribution in [1.29, 1.82) is 0 Å². The second-order valence-corrected chi connectivity index (χ2v) is 8.19. The zero-order valence-corrected chi connectivity index (χ0v) is 18.5. The first-order chi connectivity index (χ1) is 17.2. The van der Waals surface area contributed by atoms with Crippen molar-refractivity contribution >= 4 is 34.5 Å². The zero-order chi connectivity index (χ0) is 25.6. The number of carbonyl (C=O) groups excluding carboxylic acids is 2. The van der Waals surface area contributed by atoms with Gasteiger partial charge in [0.25, 0.3) is 11.5 Å². The van der Waals surface area contributed by atoms with Crippen LogP contribution in [0, 0.1) is 11.6 Å². The number of nitrogens with zero attached hydrogens (tertiary/aromatic N) is 6. The van der Waals surface area contributed by atoms with E-state index in [0.29, 0.717) is 5.65 Å². The highest BCUT2D eigenvalue weighted by atomic mass is 19.3. The van der Waals surface area contributed by atoms with E-state index in [1.165, 1.54) is 22.0 Å². The first-order valence-corrected chi connectivity index (χ1v) is 10.9. The molecule has 5 rings (SSSR count). The molecule has 1 saturated heterocycles. The molecule has 0 radical (unpaired) electrons. The van der Waals surface area contributed by atoms with Gasteiger partial charge in [-0.3, -0.25) is 19.2 Å². The Morgan fingerprint density at radius 1 is 1.08 bits per heavy atom. The standard InChI is InChI=1S/C21H19F4N7O4.H2/c22-13-7-11(30-10-12(36-21(30)35)9-28-19(33)17(24)25)8-14(23)16(13)29-3-5-31-18-15(26-1-2-27-18)20(34)32(31)6-4-29;/h1-2,7-8,12,17H,3-6,9-10H2,(H,28,33);1H/t12-;/m0./s1. The van der Waals surface area contributed by atoms with Gasteiger partial charge in [0, 0.05) is 39.0 Å². The number of benzene rings is 1. The number of halogens is 4. The Morgan fingerprint density at radius 2 is 1.75 bits per heavy atom. The van der Waals surface area contributed by atoms with Gasteiger partial charge < -0.3 is 15.0 Å². The lowest BCUT2D eigenvalue weighted by Crippen LogP contribution is -2.37. The SMILES string of the molecule is O=C(NC[C@H]1CN(c2cc(F)c(N3CCn4c(=O)c5nccnc5n4CC3)c(F)c2)C(=O)O1)C(F)F.[HH]. The summed E-state index contributed by atoms with van der Waals surface area (Å²) in [5.74, 6) is -3.39. The molecule has 0 saturated carbocycles. The van der Waals surface area contributed by atoms with E-state index < -0.39 is 36.2 Å². The van der Waals surface area contributed by atoms with E-state index in [1.54, 1.807) is 4.68 Å². The molecule has 36 heavy (non-hydrogen) atoms. The van der Waals surface area contributed by atoms with Gasteiger partial charge in [-0.1, -0.05) is 0 Å². The minimum absolute atomic E-state index is 0. The summed E-state index contributed by atoms with van der Waals surface area (Å²) in [5.41, 5.74) is -0.186. The lowest BCUT2D eigenvalue weighted by molar-refractivity contribution is -0.132. The maximum absolute atomic E-state index is 15.1. The molecule has 2 aliphatic heterocycles. The molecule has 11 nitrogen and oxygen atoms in total. The Kier molecular flexibility index (Phi) is 5.97. The van der Waals surface area contributed by atoms with Gasteiger partial charge in [0.2, 0.25) is 0 Å². The van der Waals surface area contributed by atoms with Crippen LogP contribution in [0.1, 0.15) is 1.43 Å². The molecule has 3 aromatic rings. The Hall–Kier alpha value is -4.17. The van der Waals surface area contributed by atoms with Crippen LogP contribution in [0.15, 0.2) is 29.3 Å². The largest absolute Gasteiger partial charge is 0.442 e. The van der Waals surface area contributed by atoms with Crippen molar-refractivity contribution in [2.45, 2.75) is 25.6 Å². The number of rotatable bonds is 5. The van der Waals surface area contributed by atoms with Crippen LogP contribution in [0.2, 0.25) is 0 Å². The first-order valence-electron chi connectivity index (χ1n) is 10.9. The van der Waals surface area contributed by atoms with Crippen LogP contribution in [0.3, 0.4) is 0 Å². The first kappa shape index (κ1) is 23.6. The number of alkyl halides is 2. The second kappa shape index (κ2) is 9.13. The van der Waals surface area contributed by atoms with Crippen molar-refractivity contribution in [2.75, 3.05) is 36.0 Å². The Balaban J connectivity index is 0.00000320. The maximum atomic E-state index is 15.1. The average molecular weight is 511 g/mol. The fourth-order valence-electron chi connectivity index (χ4n) is 4.37. The van der Waals surface area contributed by atoms with Crippen molar-refractivity contribution in [2.24, 2.45) is 0 Å². The van der Waals surface area contributed by atoms with Crippen molar-refractivity contribution in [3.63, 3.8) is 0 Å². The molecule has 0 aliphatic carbocycles. The molecule has 1 atom stereocenters. The second-order valence-electron chi connectivity index (χ2n) is 8.19. The summed E-state index contributed by atoms with van der Waals surface area (Å²) >= 11 is 0. The molecule has 15 heteroatoms. The van der Waals surface area contributed by atoms with E-state index in [2.05, 4.69) is 9.97 Å². The molecule has 0 unspecified atom stereocenters. The topological polar surface area (TPSA) is 115 Å². The van der Waals surface area contributed by atoms with Gasteiger partial charge in [-0.05, 0) is 0 Å². The summed E-state index contributed by atoms with van der Waals surface area (Å²) < 4.78 is 63.0. The number of amides is 2. The normalized spacial score (nSPS) is 17.9. The van der Waals surface area contributed by atoms with Crippen molar-refractivity contribution < 1.29 is 33.3 Å². The molecule has 0 spiro atoms. The van der Waals surface area contributed by atoms with Gasteiger partial charge in [-0.15, -0.1) is 0 Å². The number of fused-ring (bicyclic) bond motifs is 3. The summed E-state index contributed by atoms with van der Waals surface area (Å²) in [7, 11) is 0. The summed E-state index contributed by atoms with van der Waals surface area (Å²) in [6.07, 6.45) is -2.25. The number of hydrogen-bond donors (Lipinski definition) is 1. The minimum atomic E-state index is -3.22. The lowest BCUT2D eigenvalue weighted by Gasteiger charge is -2.24. The summed E-state index contributed by atoms with van der Waals surface area (Å²) in [5, 5.41) is 1.94. The highest BCUT2D eigenvalue weighted by Crippen LogP contribution is 2.31. The number of nitrogens with one attached hydrogen (secondary N) is 1. The molecule has 192 valence electrons. The molecule has 0 bridgehead atoms. The van der Waals surface area contributed by atoms with Crippen LogP contribution < -0.4 is 20.7 Å². The Bertz CT molecular complexity index is 1390. The molecule has 2 amide bonds. The van der Waals surface area contributed by atoms with E-state index in [4.69, 9.17) is 4.74 Å². The van der Waals surface area contributed by atoms with Crippen LogP contribution in [0.4, 0.5) is 33.7 Å². The number of anilines is 2. The highest BCUT2D eigenvalue weighted by molar-refractivity contribution is 5.90. The number of ether oxygens (including phenoxy) is 1. The van der Waals surface area contributed by atoms with E-state index >= 15 is 8.78 Å². The molecule has 4 heterocycles. The van der Waals surface area contributed by atoms with Crippen LogP contribution in [0.25, 0.3) is 11.2 Å². The van der Waals surface area contributed by atoms with Crippen molar-refractivity contribution in [3.8, 4) is 0 Å². The van der Waals surface area contributed by atoms with E-state index in [1.807, 2.05) is 5.32 Å². The number of hydrogen-bond acceptors (Lipinski definition) is 7. The van der Waals surface area contributed by atoms with Gasteiger partial charge in [0.1, 0.15) is 11.8 Å². The van der Waals surface area contributed by atoms with Gasteiger partial charge in [0.05, 0.1) is 31.9 Å². The van der Waals surface area contributed by atoms with Crippen molar-refractivity contribution in [1.82, 2.24) is 24.6 Å². The average Bonchev–Trinajstić information content (AvgIpc) is 3.25. The molecular formula is C21H21F4N7O4. The number of cyclic esters (lactones) is 1. The highest BCUT2D eigenvalue weighted by Gasteiger charge is 2.34. The fraction of sp³-hybridized carbons (Fsp3) is 0.381. The summed E-state index contributed by atoms with van der Waals surface area (Å²) in [4.78, 5) is 46.5. The summed E-state index contributed by atoms with van der Waals surface area (Å²) in [6, 6.07) is 1.94. The van der Waals surface area contributed by atoms with Crippen LogP contribution in [-0.2, 0) is 22.6 Å². The monoisotopic (exact) mass is 511 g/mol. The molecule has 1 aromatic carbocycles. The molecule has 2 aliphatic rings. The maximum Gasteiger partial charge on any atom is 0.414 e. The lowest BCUT2D eigenvalue weighted by atomic mass is 10.2. The van der Waals surface area contributed by atoms with Gasteiger partial charge in [0.15, 0.2) is 22.8 Å². The van der Waals surface area contributed by atoms with E-state index in [9.17, 15) is 23.2 Å². The Morgan fingerprint density at radius 3 is 2.44 bits per heavy atom. The quantitative estimate of drug-likeness (QED) is 0.515. The van der Waals surface area contributed by atoms with Crippen LogP contribution in [-0.4, -0.2) is 70.0 Å².